The Labute approximate surface area is 226 Å². The summed E-state index contributed by atoms with van der Waals surface area (Å²) < 4.78 is 250. The van der Waals surface area contributed by atoms with Crippen molar-refractivity contribution in [2.24, 2.45) is 0 Å². The molecule has 0 bridgehead atoms. The van der Waals surface area contributed by atoms with Crippen LogP contribution < -0.4 is 16.4 Å². The van der Waals surface area contributed by atoms with Gasteiger partial charge in [-0.15, -0.1) is 0 Å². The van der Waals surface area contributed by atoms with E-state index in [1.807, 2.05) is 0 Å². The third-order valence-electron chi connectivity index (χ3n) is 6.69. The van der Waals surface area contributed by atoms with Crippen molar-refractivity contribution in [3.8, 4) is 11.1 Å². The molecule has 0 amide bonds. The molecule has 0 spiro atoms. The largest absolute Gasteiger partial charge is 0.302 e. The first-order valence-corrected chi connectivity index (χ1v) is 11.0. The molecule has 0 aromatic heterocycles. The average Bonchev–Trinajstić information content (AvgIpc) is 3.20. The zero-order valence-corrected chi connectivity index (χ0v) is 19.7. The Balaban J connectivity index is 2.10. The van der Waals surface area contributed by atoms with Crippen molar-refractivity contribution in [1.82, 2.24) is 0 Å². The van der Waals surface area contributed by atoms with E-state index in [1.54, 1.807) is 0 Å². The zero-order valence-electron chi connectivity index (χ0n) is 19.7. The van der Waals surface area contributed by atoms with Gasteiger partial charge in [0.1, 0.15) is 5.82 Å². The molecule has 0 radical (unpaired) electrons. The number of rotatable bonds is 3. The number of benzene rings is 4. The van der Waals surface area contributed by atoms with Crippen molar-refractivity contribution >= 4 is 23.1 Å². The molecule has 224 valence electrons. The molecule has 43 heavy (non-hydrogen) atoms. The van der Waals surface area contributed by atoms with Crippen LogP contribution in [0.25, 0.3) is 11.1 Å². The van der Waals surface area contributed by atoms with Crippen LogP contribution in [0, 0.1) is 87.3 Å². The highest BCUT2D eigenvalue weighted by Gasteiger charge is 2.56. The minimum absolute atomic E-state index is 0.0590. The fraction of sp³-hybridized carbons (Fsp3) is 0.0400. The summed E-state index contributed by atoms with van der Waals surface area (Å²) in [5, 5.41) is 0. The summed E-state index contributed by atoms with van der Waals surface area (Å²) in [7, 11) is 0. The second-order valence-corrected chi connectivity index (χ2v) is 8.86. The third kappa shape index (κ3) is 3.80. The Morgan fingerprint density at radius 1 is 0.349 bits per heavy atom. The monoisotopic (exact) mass is 636 g/mol. The Kier molecular flexibility index (Phi) is 6.77. The van der Waals surface area contributed by atoms with Gasteiger partial charge in [-0.1, -0.05) is 0 Å². The number of hydrogen-bond acceptors (Lipinski definition) is 0. The molecular formula is C25H2BF17. The smallest absolute Gasteiger partial charge is 0.207 e. The van der Waals surface area contributed by atoms with E-state index >= 15 is 13.2 Å². The summed E-state index contributed by atoms with van der Waals surface area (Å²) in [6.07, 6.45) is 0. The predicted molar refractivity (Wildman–Crippen MR) is 112 cm³/mol. The van der Waals surface area contributed by atoms with Crippen molar-refractivity contribution in [1.29, 1.82) is 0 Å². The SMILES string of the molecule is Fc1ccc(F)c(B(c2c(F)c(F)c(F)c(F)c2F)c2c(F)c(F)c(F)c3c2C(F)(F)c2c(F)c(F)c(F)c(F)c2-3)c1F. The van der Waals surface area contributed by atoms with Gasteiger partial charge in [-0.05, 0) is 17.6 Å². The third-order valence-corrected chi connectivity index (χ3v) is 6.69. The maximum atomic E-state index is 15.7. The van der Waals surface area contributed by atoms with Crippen LogP contribution in [0.1, 0.15) is 11.1 Å². The van der Waals surface area contributed by atoms with E-state index in [0.717, 1.165) is 0 Å². The van der Waals surface area contributed by atoms with Gasteiger partial charge >= 0.3 is 5.92 Å². The van der Waals surface area contributed by atoms with Crippen molar-refractivity contribution in [3.63, 3.8) is 0 Å². The number of halogens is 17. The van der Waals surface area contributed by atoms with Crippen LogP contribution in [0.5, 0.6) is 0 Å². The van der Waals surface area contributed by atoms with Crippen LogP contribution >= 0.6 is 0 Å². The first kappa shape index (κ1) is 30.2. The molecule has 0 saturated heterocycles. The summed E-state index contributed by atoms with van der Waals surface area (Å²) in [6, 6.07) is -0.182. The van der Waals surface area contributed by atoms with Crippen LogP contribution in [-0.2, 0) is 5.92 Å². The molecule has 0 heterocycles. The van der Waals surface area contributed by atoms with Gasteiger partial charge in [0, 0.05) is 27.6 Å². The molecule has 0 fully saturated rings. The van der Waals surface area contributed by atoms with Crippen molar-refractivity contribution in [3.05, 3.63) is 111 Å². The zero-order chi connectivity index (χ0) is 32.2. The van der Waals surface area contributed by atoms with Crippen LogP contribution in [0.4, 0.5) is 74.6 Å². The maximum Gasteiger partial charge on any atom is 0.302 e. The molecule has 18 heteroatoms. The van der Waals surface area contributed by atoms with Gasteiger partial charge in [0.2, 0.25) is 0 Å². The van der Waals surface area contributed by atoms with E-state index in [9.17, 15) is 61.5 Å². The summed E-state index contributed by atoms with van der Waals surface area (Å²) in [5.74, 6) is -48.9. The van der Waals surface area contributed by atoms with Crippen LogP contribution in [0.3, 0.4) is 0 Å². The molecule has 0 aliphatic heterocycles. The van der Waals surface area contributed by atoms with Gasteiger partial charge in [0.15, 0.2) is 81.4 Å². The van der Waals surface area contributed by atoms with Gasteiger partial charge in [0.05, 0.1) is 5.56 Å². The van der Waals surface area contributed by atoms with E-state index in [4.69, 9.17) is 0 Å². The van der Waals surface area contributed by atoms with Crippen molar-refractivity contribution in [2.75, 3.05) is 0 Å². The summed E-state index contributed by atoms with van der Waals surface area (Å²) in [4.78, 5) is 0. The highest BCUT2D eigenvalue weighted by molar-refractivity contribution is 6.96. The normalized spacial score (nSPS) is 13.4. The number of alkyl halides is 2. The number of fused-ring (bicyclic) bond motifs is 3. The lowest BCUT2D eigenvalue weighted by Crippen LogP contribution is -2.60. The minimum atomic E-state index is -5.63. The summed E-state index contributed by atoms with van der Waals surface area (Å²) in [6.45, 7) is -3.93. The Bertz CT molecular complexity index is 1890. The summed E-state index contributed by atoms with van der Waals surface area (Å²) >= 11 is 0. The molecule has 0 N–H and O–H groups in total. The first-order chi connectivity index (χ1) is 19.9. The standard InChI is InChI=1S/C25H2BF17/c27-3-1-2-4(28)12(29)9(3)26(11-17(34)22(39)24(41)23(40)18(11)35)10-7-5(13(30)19(36)16(10)33)6-8(25(7,42)43)15(32)21(38)20(37)14(6)31/h1-2H. The average molecular weight is 636 g/mol. The van der Waals surface area contributed by atoms with Gasteiger partial charge < -0.3 is 0 Å². The van der Waals surface area contributed by atoms with E-state index in [0.29, 0.717) is 0 Å². The molecule has 1 aliphatic rings. The van der Waals surface area contributed by atoms with Crippen LogP contribution in [0.2, 0.25) is 0 Å². The maximum absolute atomic E-state index is 15.7. The van der Waals surface area contributed by atoms with E-state index in [2.05, 4.69) is 0 Å². The van der Waals surface area contributed by atoms with Gasteiger partial charge in [-0.25, -0.2) is 65.9 Å². The molecule has 0 atom stereocenters. The molecule has 4 aromatic rings. The molecule has 0 saturated carbocycles. The molecule has 4 aromatic carbocycles. The molecule has 5 rings (SSSR count). The Morgan fingerprint density at radius 2 is 0.721 bits per heavy atom. The van der Waals surface area contributed by atoms with Gasteiger partial charge in [-0.3, -0.25) is 0 Å². The van der Waals surface area contributed by atoms with Gasteiger partial charge in [-0.2, -0.15) is 8.78 Å². The Hall–Kier alpha value is -4.25. The van der Waals surface area contributed by atoms with Crippen molar-refractivity contribution in [2.45, 2.75) is 5.92 Å². The van der Waals surface area contributed by atoms with E-state index < -0.39 is 139 Å². The predicted octanol–water partition coefficient (Wildman–Crippen LogP) is 6.41. The first-order valence-electron chi connectivity index (χ1n) is 11.0. The lowest BCUT2D eigenvalue weighted by Gasteiger charge is -2.25. The fourth-order valence-electron chi connectivity index (χ4n) is 4.91. The molecule has 0 unspecified atom stereocenters. The minimum Gasteiger partial charge on any atom is -0.207 e. The van der Waals surface area contributed by atoms with Crippen molar-refractivity contribution < 1.29 is 74.6 Å². The fourth-order valence-corrected chi connectivity index (χ4v) is 4.91. The second-order valence-electron chi connectivity index (χ2n) is 8.86. The topological polar surface area (TPSA) is 0 Å². The second kappa shape index (κ2) is 9.64. The lowest BCUT2D eigenvalue weighted by molar-refractivity contribution is 0.0435. The van der Waals surface area contributed by atoms with Crippen LogP contribution in [0.15, 0.2) is 12.1 Å². The highest BCUT2D eigenvalue weighted by atomic mass is 19.3. The van der Waals surface area contributed by atoms with E-state index in [-0.39, 0.29) is 12.1 Å². The highest BCUT2D eigenvalue weighted by Crippen LogP contribution is 2.54. The molecule has 1 aliphatic carbocycles. The molecule has 0 nitrogen and oxygen atoms in total. The molecular weight excluding hydrogens is 634 g/mol. The van der Waals surface area contributed by atoms with Crippen LogP contribution in [-0.4, -0.2) is 6.71 Å². The summed E-state index contributed by atoms with van der Waals surface area (Å²) in [5.41, 5.74) is -17.8. The van der Waals surface area contributed by atoms with E-state index in [1.165, 1.54) is 0 Å². The quantitative estimate of drug-likeness (QED) is 0.106. The van der Waals surface area contributed by atoms with Gasteiger partial charge in [0.25, 0.3) is 6.71 Å². The lowest BCUT2D eigenvalue weighted by atomic mass is 9.35. The number of hydrogen-bond donors (Lipinski definition) is 0. The Morgan fingerprint density at radius 3 is 1.26 bits per heavy atom.